The molecule has 68 valence electrons. The molecule has 3 unspecified atom stereocenters. The maximum atomic E-state index is 3.51. The third-order valence-electron chi connectivity index (χ3n) is 2.65. The summed E-state index contributed by atoms with van der Waals surface area (Å²) in [6.07, 6.45) is 2.68. The number of alkyl halides is 1. The topological polar surface area (TPSA) is 0 Å². The molecular formula is C10H21Br. The molecule has 3 atom stereocenters. The molecule has 0 aliphatic rings. The first-order valence-electron chi connectivity index (χ1n) is 4.67. The number of hydrogen-bond acceptors (Lipinski definition) is 0. The van der Waals surface area contributed by atoms with Crippen molar-refractivity contribution < 1.29 is 0 Å². The summed E-state index contributed by atoms with van der Waals surface area (Å²) in [6, 6.07) is 0. The van der Waals surface area contributed by atoms with E-state index in [2.05, 4.69) is 43.6 Å². The van der Waals surface area contributed by atoms with Crippen LogP contribution in [-0.2, 0) is 0 Å². The Hall–Kier alpha value is 0.480. The summed E-state index contributed by atoms with van der Waals surface area (Å²) < 4.78 is 0. The Kier molecular flexibility index (Phi) is 6.31. The van der Waals surface area contributed by atoms with Crippen LogP contribution in [0.15, 0.2) is 0 Å². The van der Waals surface area contributed by atoms with E-state index in [1.807, 2.05) is 0 Å². The van der Waals surface area contributed by atoms with E-state index in [9.17, 15) is 0 Å². The van der Waals surface area contributed by atoms with Gasteiger partial charge in [-0.3, -0.25) is 0 Å². The summed E-state index contributed by atoms with van der Waals surface area (Å²) in [5.74, 6) is 2.60. The van der Waals surface area contributed by atoms with Gasteiger partial charge in [0.05, 0.1) is 0 Å². The predicted molar refractivity (Wildman–Crippen MR) is 56.2 cm³/mol. The van der Waals surface area contributed by atoms with E-state index in [-0.39, 0.29) is 0 Å². The molecule has 0 saturated carbocycles. The van der Waals surface area contributed by atoms with Crippen LogP contribution in [0.1, 0.15) is 40.5 Å². The lowest BCUT2D eigenvalue weighted by molar-refractivity contribution is 0.319. The van der Waals surface area contributed by atoms with Crippen LogP contribution in [0.4, 0.5) is 0 Å². The predicted octanol–water partition coefficient (Wildman–Crippen LogP) is 4.09. The Bertz CT molecular complexity index is 90.9. The molecule has 0 rings (SSSR count). The van der Waals surface area contributed by atoms with E-state index in [4.69, 9.17) is 0 Å². The zero-order valence-corrected chi connectivity index (χ0v) is 9.82. The van der Waals surface area contributed by atoms with Crippen LogP contribution >= 0.6 is 15.9 Å². The first kappa shape index (κ1) is 11.5. The normalized spacial score (nSPS) is 19.4. The van der Waals surface area contributed by atoms with Gasteiger partial charge in [0.1, 0.15) is 0 Å². The molecule has 1 heteroatoms. The van der Waals surface area contributed by atoms with Crippen molar-refractivity contribution >= 4 is 15.9 Å². The smallest absolute Gasteiger partial charge is 0.00571 e. The highest BCUT2D eigenvalue weighted by Gasteiger charge is 2.12. The van der Waals surface area contributed by atoms with Gasteiger partial charge in [-0.15, -0.1) is 0 Å². The zero-order valence-electron chi connectivity index (χ0n) is 8.23. The number of halogens is 1. The van der Waals surface area contributed by atoms with Crippen LogP contribution in [0, 0.1) is 17.8 Å². The van der Waals surface area contributed by atoms with Crippen LogP contribution in [0.3, 0.4) is 0 Å². The maximum absolute atomic E-state index is 3.51. The first-order chi connectivity index (χ1) is 5.11. The summed E-state index contributed by atoms with van der Waals surface area (Å²) >= 11 is 3.51. The van der Waals surface area contributed by atoms with E-state index >= 15 is 0 Å². The van der Waals surface area contributed by atoms with Gasteiger partial charge in [0.2, 0.25) is 0 Å². The van der Waals surface area contributed by atoms with Crippen molar-refractivity contribution in [3.05, 3.63) is 0 Å². The van der Waals surface area contributed by atoms with Crippen LogP contribution in [0.2, 0.25) is 0 Å². The van der Waals surface area contributed by atoms with Crippen molar-refractivity contribution in [1.29, 1.82) is 0 Å². The molecule has 0 aliphatic heterocycles. The molecule has 0 fully saturated rings. The number of rotatable bonds is 5. The van der Waals surface area contributed by atoms with E-state index in [1.165, 1.54) is 12.8 Å². The summed E-state index contributed by atoms with van der Waals surface area (Å²) in [4.78, 5) is 0. The maximum Gasteiger partial charge on any atom is 0.00571 e. The molecule has 0 bridgehead atoms. The Morgan fingerprint density at radius 3 is 2.00 bits per heavy atom. The van der Waals surface area contributed by atoms with Crippen molar-refractivity contribution in [3.8, 4) is 0 Å². The molecule has 0 amide bonds. The highest BCUT2D eigenvalue weighted by molar-refractivity contribution is 9.09. The second-order valence-corrected chi connectivity index (χ2v) is 4.51. The van der Waals surface area contributed by atoms with Crippen molar-refractivity contribution in [2.24, 2.45) is 17.8 Å². The van der Waals surface area contributed by atoms with Crippen molar-refractivity contribution in [3.63, 3.8) is 0 Å². The molecule has 0 aromatic heterocycles. The minimum Gasteiger partial charge on any atom is -0.0925 e. The van der Waals surface area contributed by atoms with Gasteiger partial charge in [0.15, 0.2) is 0 Å². The lowest BCUT2D eigenvalue weighted by atomic mass is 9.87. The second kappa shape index (κ2) is 6.05. The highest BCUT2D eigenvalue weighted by atomic mass is 79.9. The second-order valence-electron chi connectivity index (χ2n) is 3.86. The summed E-state index contributed by atoms with van der Waals surface area (Å²) in [7, 11) is 0. The Morgan fingerprint density at radius 2 is 1.64 bits per heavy atom. The minimum atomic E-state index is 0.832. The molecule has 0 spiro atoms. The van der Waals surface area contributed by atoms with Gasteiger partial charge in [0, 0.05) is 5.33 Å². The molecule has 0 aliphatic carbocycles. The average Bonchev–Trinajstić information content (AvgIpc) is 2.02. The highest BCUT2D eigenvalue weighted by Crippen LogP contribution is 2.22. The van der Waals surface area contributed by atoms with Crippen molar-refractivity contribution in [1.82, 2.24) is 0 Å². The molecule has 0 N–H and O–H groups in total. The molecule has 0 aromatic carbocycles. The SMILES string of the molecule is CCC(C)C(C)CC(C)CBr. The third-order valence-corrected chi connectivity index (χ3v) is 3.76. The standard InChI is InChI=1S/C10H21Br/c1-5-9(3)10(4)6-8(2)7-11/h8-10H,5-7H2,1-4H3. The molecule has 0 nitrogen and oxygen atoms in total. The molecule has 0 heterocycles. The van der Waals surface area contributed by atoms with Crippen LogP contribution in [0.5, 0.6) is 0 Å². The van der Waals surface area contributed by atoms with E-state index in [0.29, 0.717) is 0 Å². The summed E-state index contributed by atoms with van der Waals surface area (Å²) in [5.41, 5.74) is 0. The van der Waals surface area contributed by atoms with E-state index in [1.54, 1.807) is 0 Å². The van der Waals surface area contributed by atoms with Crippen LogP contribution in [0.25, 0.3) is 0 Å². The molecule has 0 radical (unpaired) electrons. The van der Waals surface area contributed by atoms with Gasteiger partial charge in [0.25, 0.3) is 0 Å². The monoisotopic (exact) mass is 220 g/mol. The molecular weight excluding hydrogens is 200 g/mol. The minimum absolute atomic E-state index is 0.832. The van der Waals surface area contributed by atoms with Crippen LogP contribution < -0.4 is 0 Å². The summed E-state index contributed by atoms with van der Waals surface area (Å²) in [6.45, 7) is 9.31. The van der Waals surface area contributed by atoms with Gasteiger partial charge in [-0.1, -0.05) is 50.0 Å². The Morgan fingerprint density at radius 1 is 1.09 bits per heavy atom. The Balaban J connectivity index is 3.58. The van der Waals surface area contributed by atoms with Gasteiger partial charge in [-0.25, -0.2) is 0 Å². The fourth-order valence-corrected chi connectivity index (χ4v) is 1.60. The lowest BCUT2D eigenvalue weighted by Gasteiger charge is -2.20. The lowest BCUT2D eigenvalue weighted by Crippen LogP contribution is -2.11. The van der Waals surface area contributed by atoms with Gasteiger partial charge in [-0.05, 0) is 24.2 Å². The molecule has 11 heavy (non-hydrogen) atoms. The fourth-order valence-electron chi connectivity index (χ4n) is 1.33. The average molecular weight is 221 g/mol. The third kappa shape index (κ3) is 4.84. The van der Waals surface area contributed by atoms with Crippen molar-refractivity contribution in [2.45, 2.75) is 40.5 Å². The quantitative estimate of drug-likeness (QED) is 0.613. The largest absolute Gasteiger partial charge is 0.0925 e. The van der Waals surface area contributed by atoms with Gasteiger partial charge < -0.3 is 0 Å². The van der Waals surface area contributed by atoms with Gasteiger partial charge >= 0.3 is 0 Å². The Labute approximate surface area is 79.9 Å². The molecule has 0 aromatic rings. The number of hydrogen-bond donors (Lipinski definition) is 0. The van der Waals surface area contributed by atoms with Gasteiger partial charge in [-0.2, -0.15) is 0 Å². The fraction of sp³-hybridized carbons (Fsp3) is 1.00. The van der Waals surface area contributed by atoms with Crippen molar-refractivity contribution in [2.75, 3.05) is 5.33 Å². The summed E-state index contributed by atoms with van der Waals surface area (Å²) in [5, 5.41) is 1.15. The van der Waals surface area contributed by atoms with E-state index < -0.39 is 0 Å². The first-order valence-corrected chi connectivity index (χ1v) is 5.79. The van der Waals surface area contributed by atoms with Crippen LogP contribution in [-0.4, -0.2) is 5.33 Å². The zero-order chi connectivity index (χ0) is 8.85. The van der Waals surface area contributed by atoms with E-state index in [0.717, 1.165) is 23.1 Å². The molecule has 0 saturated heterocycles.